The first kappa shape index (κ1) is 91.8. The molecule has 0 bridgehead atoms. The van der Waals surface area contributed by atoms with E-state index in [1.807, 2.05) is 24.3 Å². The van der Waals surface area contributed by atoms with Crippen molar-refractivity contribution >= 4 is 35.9 Å². The van der Waals surface area contributed by atoms with Gasteiger partial charge in [-0.25, -0.2) is 9.59 Å². The van der Waals surface area contributed by atoms with Crippen LogP contribution in [0.4, 0.5) is 33.4 Å². The van der Waals surface area contributed by atoms with Crippen LogP contribution in [0.5, 0.6) is 34.5 Å². The van der Waals surface area contributed by atoms with Gasteiger partial charge in [-0.3, -0.25) is 10.6 Å². The van der Waals surface area contributed by atoms with Crippen LogP contribution in [-0.2, 0) is 0 Å². The van der Waals surface area contributed by atoms with Crippen molar-refractivity contribution in [3.63, 3.8) is 0 Å². The Morgan fingerprint density at radius 1 is 0.302 bits per heavy atom. The topological polar surface area (TPSA) is 267 Å². The fraction of sp³-hybridized carbons (Fsp3) is 0.767. The molecule has 0 unspecified atom stereocenters. The SMILES string of the molecule is CC(C)CCC[C@H](C)CCOc1cc(-c2nc(N)nc(NC(=O)NCCCCCCNC(=O)Nc3nc(N)nc(-c4cc(OCC[C@@H](C)CCCC(C)C)c(OCC[C@@H](C)CCCC(C)C)c(OCC[C@@H](C)CCCC(C)C)c4)n3)n2)cc(OCC[C@@H](C)CCCC(C)C)c1OCC[C@@H](C)CCCC(C)C. The molecule has 0 radical (unpaired) electrons. The van der Waals surface area contributed by atoms with Crippen LogP contribution in [0.25, 0.3) is 22.8 Å². The van der Waals surface area contributed by atoms with Crippen LogP contribution in [0.3, 0.4) is 0 Å². The molecule has 0 saturated heterocycles. The molecule has 20 heteroatoms. The molecule has 0 fully saturated rings. The molecule has 4 rings (SSSR count). The minimum atomic E-state index is -0.477. The summed E-state index contributed by atoms with van der Waals surface area (Å²) in [6.07, 6.45) is 29.6. The third-order valence-electron chi connectivity index (χ3n) is 20.0. The van der Waals surface area contributed by atoms with E-state index in [1.54, 1.807) is 0 Å². The molecule has 602 valence electrons. The van der Waals surface area contributed by atoms with Crippen molar-refractivity contribution in [2.24, 2.45) is 71.0 Å². The second kappa shape index (κ2) is 52.5. The van der Waals surface area contributed by atoms with Crippen molar-refractivity contribution < 1.29 is 38.0 Å². The van der Waals surface area contributed by atoms with E-state index in [9.17, 15) is 9.59 Å². The number of amides is 4. The molecule has 8 N–H and O–H groups in total. The monoisotopic (exact) mass is 1480 g/mol. The summed E-state index contributed by atoms with van der Waals surface area (Å²) in [6, 6.07) is 6.64. The van der Waals surface area contributed by atoms with Gasteiger partial charge >= 0.3 is 12.1 Å². The van der Waals surface area contributed by atoms with Crippen molar-refractivity contribution in [3.05, 3.63) is 24.3 Å². The summed E-state index contributed by atoms with van der Waals surface area (Å²) in [6.45, 7) is 45.0. The lowest BCUT2D eigenvalue weighted by molar-refractivity contribution is 0.216. The van der Waals surface area contributed by atoms with Crippen LogP contribution in [-0.4, -0.2) is 94.7 Å². The van der Waals surface area contributed by atoms with E-state index < -0.39 is 12.1 Å². The number of anilines is 4. The molecule has 0 saturated carbocycles. The predicted molar refractivity (Wildman–Crippen MR) is 440 cm³/mol. The van der Waals surface area contributed by atoms with Gasteiger partial charge in [-0.05, 0) is 147 Å². The average molecular weight is 1480 g/mol. The van der Waals surface area contributed by atoms with Crippen LogP contribution in [0.1, 0.15) is 304 Å². The third kappa shape index (κ3) is 41.1. The molecule has 4 aromatic rings. The minimum Gasteiger partial charge on any atom is -0.490 e. The van der Waals surface area contributed by atoms with E-state index in [0.717, 1.165) is 89.9 Å². The first-order chi connectivity index (χ1) is 50.6. The number of urea groups is 2. The molecule has 4 amide bonds. The summed E-state index contributed by atoms with van der Waals surface area (Å²) < 4.78 is 40.2. The van der Waals surface area contributed by atoms with Crippen molar-refractivity contribution in [3.8, 4) is 57.3 Å². The van der Waals surface area contributed by atoms with E-state index in [0.29, 0.717) is 182 Å². The van der Waals surface area contributed by atoms with Crippen LogP contribution in [0.15, 0.2) is 24.3 Å². The number of carbonyl (C=O) groups excluding carboxylic acids is 2. The second-order valence-electron chi connectivity index (χ2n) is 33.9. The van der Waals surface area contributed by atoms with Crippen LogP contribution in [0, 0.1) is 71.0 Å². The number of carbonyl (C=O) groups is 2. The largest absolute Gasteiger partial charge is 0.490 e. The van der Waals surface area contributed by atoms with Gasteiger partial charge in [0.25, 0.3) is 0 Å². The maximum Gasteiger partial charge on any atom is 0.321 e. The molecule has 0 spiro atoms. The Bertz CT molecular complexity index is 2740. The Balaban J connectivity index is 1.43. The normalized spacial score (nSPS) is 13.5. The highest BCUT2D eigenvalue weighted by atomic mass is 16.5. The van der Waals surface area contributed by atoms with Gasteiger partial charge < -0.3 is 50.5 Å². The number of rotatable bonds is 59. The van der Waals surface area contributed by atoms with Gasteiger partial charge in [-0.2, -0.15) is 29.9 Å². The fourth-order valence-electron chi connectivity index (χ4n) is 12.9. The average Bonchev–Trinajstić information content (AvgIpc) is 0.805. The number of benzene rings is 2. The van der Waals surface area contributed by atoms with E-state index >= 15 is 0 Å². The van der Waals surface area contributed by atoms with E-state index in [-0.39, 0.29) is 35.4 Å². The van der Waals surface area contributed by atoms with E-state index in [1.165, 1.54) is 77.0 Å². The van der Waals surface area contributed by atoms with Gasteiger partial charge in [0.05, 0.1) is 39.6 Å². The first-order valence-corrected chi connectivity index (χ1v) is 41.9. The lowest BCUT2D eigenvalue weighted by atomic mass is 9.97. The second-order valence-corrected chi connectivity index (χ2v) is 33.9. The van der Waals surface area contributed by atoms with Crippen LogP contribution < -0.4 is 61.2 Å². The number of hydrogen-bond acceptors (Lipinski definition) is 16. The van der Waals surface area contributed by atoms with Crippen molar-refractivity contribution in [1.82, 2.24) is 40.5 Å². The number of hydrogen-bond donors (Lipinski definition) is 6. The number of unbranched alkanes of at least 4 members (excludes halogenated alkanes) is 3. The molecule has 0 aliphatic heterocycles. The lowest BCUT2D eigenvalue weighted by Crippen LogP contribution is -2.31. The van der Waals surface area contributed by atoms with Crippen molar-refractivity contribution in [2.45, 2.75) is 304 Å². The highest BCUT2D eigenvalue weighted by molar-refractivity contribution is 5.88. The van der Waals surface area contributed by atoms with Crippen molar-refractivity contribution in [1.29, 1.82) is 0 Å². The number of nitrogens with zero attached hydrogens (tertiary/aromatic N) is 6. The summed E-state index contributed by atoms with van der Waals surface area (Å²) in [5, 5.41) is 11.4. The summed E-state index contributed by atoms with van der Waals surface area (Å²) in [5.74, 6) is 10.9. The van der Waals surface area contributed by atoms with Gasteiger partial charge in [0.2, 0.25) is 35.3 Å². The zero-order valence-corrected chi connectivity index (χ0v) is 69.8. The Kier molecular flexibility index (Phi) is 45.4. The molecular weight excluding hydrogens is 1330 g/mol. The maximum atomic E-state index is 13.4. The van der Waals surface area contributed by atoms with E-state index in [2.05, 4.69) is 166 Å². The minimum absolute atomic E-state index is 0.00915. The first-order valence-electron chi connectivity index (χ1n) is 41.9. The van der Waals surface area contributed by atoms with Gasteiger partial charge in [-0.1, -0.05) is 253 Å². The Hall–Kier alpha value is -6.60. The zero-order chi connectivity index (χ0) is 77.8. The molecule has 6 atom stereocenters. The number of aromatic nitrogens is 6. The highest BCUT2D eigenvalue weighted by Crippen LogP contribution is 2.44. The number of nitrogens with one attached hydrogen (secondary N) is 4. The van der Waals surface area contributed by atoms with Gasteiger partial charge in [-0.15, -0.1) is 0 Å². The van der Waals surface area contributed by atoms with Gasteiger partial charge in [0, 0.05) is 24.2 Å². The molecule has 0 aliphatic rings. The number of nitrogens with two attached hydrogens (primary N) is 2. The van der Waals surface area contributed by atoms with Crippen molar-refractivity contribution in [2.75, 3.05) is 74.8 Å². The smallest absolute Gasteiger partial charge is 0.321 e. The third-order valence-corrected chi connectivity index (χ3v) is 20.0. The van der Waals surface area contributed by atoms with Crippen LogP contribution in [0.2, 0.25) is 0 Å². The maximum absolute atomic E-state index is 13.4. The molecular formula is C86H150N12O8. The molecule has 106 heavy (non-hydrogen) atoms. The van der Waals surface area contributed by atoms with Crippen LogP contribution >= 0.6 is 0 Å². The molecule has 20 nitrogen and oxygen atoms in total. The fourth-order valence-corrected chi connectivity index (χ4v) is 12.9. The Morgan fingerprint density at radius 2 is 0.538 bits per heavy atom. The molecule has 0 aliphatic carbocycles. The van der Waals surface area contributed by atoms with Gasteiger partial charge in [0.15, 0.2) is 34.6 Å². The highest BCUT2D eigenvalue weighted by Gasteiger charge is 2.24. The summed E-state index contributed by atoms with van der Waals surface area (Å²) in [5.41, 5.74) is 13.9. The quantitative estimate of drug-likeness (QED) is 0.0224. The number of ether oxygens (including phenoxy) is 6. The summed E-state index contributed by atoms with van der Waals surface area (Å²) in [4.78, 5) is 54.0. The molecule has 2 aromatic carbocycles. The molecule has 2 heterocycles. The Morgan fingerprint density at radius 3 is 0.774 bits per heavy atom. The van der Waals surface area contributed by atoms with E-state index in [4.69, 9.17) is 49.9 Å². The summed E-state index contributed by atoms with van der Waals surface area (Å²) >= 11 is 0. The number of nitrogen functional groups attached to an aromatic ring is 2. The van der Waals surface area contributed by atoms with Gasteiger partial charge in [0.1, 0.15) is 0 Å². The standard InChI is InChI=1S/C86H150N12O8/c1-59(2)29-23-35-65(13)41-49-101-73-55-71(56-74(102-50-42-66(14)36-24-30-60(3)4)77(73)105-53-45-69(17)39-27-33-63(9)10)79-91-81(87)95-83(93-79)97-85(99)89-47-21-19-20-22-48-90-86(100)98-84-94-80(92-82(88)96-84)72-57-75(103-51-43-67(15)37-25-31-61(5)6)78(106-54-46-70(18)40-28-34-64(11)12)76(58-72)104-52-44-68(16)38-26-32-62(7)8/h55-70H,19-54H2,1-18H3,(H4,87,89,91,93,95,97,99)(H4,88,90,92,94,96,98,100)/t65-,66-,67-,68-,69-,70-/m0/s1. The Labute approximate surface area is 643 Å². The molecule has 2 aromatic heterocycles. The predicted octanol–water partition coefficient (Wildman–Crippen LogP) is 22.4. The zero-order valence-electron chi connectivity index (χ0n) is 69.8. The lowest BCUT2D eigenvalue weighted by Gasteiger charge is -2.21. The summed E-state index contributed by atoms with van der Waals surface area (Å²) in [7, 11) is 0.